The van der Waals surface area contributed by atoms with Crippen LogP contribution < -0.4 is 0 Å². The fourth-order valence-electron chi connectivity index (χ4n) is 1.99. The quantitative estimate of drug-likeness (QED) is 0.768. The van der Waals surface area contributed by atoms with Crippen LogP contribution in [-0.4, -0.2) is 15.4 Å². The van der Waals surface area contributed by atoms with Gasteiger partial charge in [-0.25, -0.2) is 13.8 Å². The molecule has 2 rings (SSSR count). The number of aryl methyl sites for hydroxylation is 1. The number of imidazole rings is 1. The topological polar surface area (TPSA) is 17.8 Å². The van der Waals surface area contributed by atoms with Gasteiger partial charge in [-0.15, -0.1) is 11.6 Å². The number of benzene rings is 1. The van der Waals surface area contributed by atoms with Crippen molar-refractivity contribution in [2.45, 2.75) is 26.3 Å². The molecule has 0 fully saturated rings. The van der Waals surface area contributed by atoms with Crippen molar-refractivity contribution in [1.29, 1.82) is 0 Å². The van der Waals surface area contributed by atoms with Crippen LogP contribution in [0.1, 0.15) is 25.7 Å². The van der Waals surface area contributed by atoms with E-state index in [9.17, 15) is 8.78 Å². The average Bonchev–Trinajstić information content (AvgIpc) is 2.63. The van der Waals surface area contributed by atoms with E-state index in [-0.39, 0.29) is 11.6 Å². The number of aromatic nitrogens is 2. The highest BCUT2D eigenvalue weighted by Crippen LogP contribution is 2.25. The number of hydrogen-bond donors (Lipinski definition) is 0. The summed E-state index contributed by atoms with van der Waals surface area (Å²) in [6.07, 6.45) is 0.537. The van der Waals surface area contributed by atoms with E-state index in [0.29, 0.717) is 23.6 Å². The lowest BCUT2D eigenvalue weighted by Crippen LogP contribution is -2.08. The molecule has 0 aliphatic rings. The second-order valence-electron chi connectivity index (χ2n) is 4.16. The van der Waals surface area contributed by atoms with Gasteiger partial charge < -0.3 is 4.57 Å². The predicted molar refractivity (Wildman–Crippen MR) is 64.5 cm³/mol. The summed E-state index contributed by atoms with van der Waals surface area (Å²) in [5.74, 6) is -0.601. The Labute approximate surface area is 103 Å². The Bertz CT molecular complexity index is 549. The fraction of sp³-hybridized carbons (Fsp3) is 0.417. The Hall–Kier alpha value is -1.16. The van der Waals surface area contributed by atoms with Gasteiger partial charge in [-0.2, -0.15) is 0 Å². The number of nitrogens with zero attached hydrogens (tertiary/aromatic N) is 2. The van der Waals surface area contributed by atoms with Crippen LogP contribution in [0.15, 0.2) is 12.1 Å². The van der Waals surface area contributed by atoms with Crippen LogP contribution in [0.3, 0.4) is 0 Å². The molecule has 1 heterocycles. The Morgan fingerprint density at radius 3 is 2.65 bits per heavy atom. The predicted octanol–water partition coefficient (Wildman–Crippen LogP) is 3.68. The van der Waals surface area contributed by atoms with Crippen molar-refractivity contribution < 1.29 is 8.78 Å². The summed E-state index contributed by atoms with van der Waals surface area (Å²) >= 11 is 5.69. The fourth-order valence-corrected chi connectivity index (χ4v) is 2.16. The second-order valence-corrected chi connectivity index (χ2v) is 4.54. The first-order valence-electron chi connectivity index (χ1n) is 5.47. The lowest BCUT2D eigenvalue weighted by Gasteiger charge is -2.12. The van der Waals surface area contributed by atoms with Crippen molar-refractivity contribution >= 4 is 22.6 Å². The largest absolute Gasteiger partial charge is 0.323 e. The van der Waals surface area contributed by atoms with Gasteiger partial charge in [0.15, 0.2) is 11.6 Å². The van der Waals surface area contributed by atoms with Crippen LogP contribution in [0.25, 0.3) is 11.0 Å². The molecule has 0 saturated heterocycles. The number of hydrogen-bond acceptors (Lipinski definition) is 1. The minimum Gasteiger partial charge on any atom is -0.323 e. The molecule has 0 aliphatic heterocycles. The van der Waals surface area contributed by atoms with E-state index < -0.39 is 11.6 Å². The van der Waals surface area contributed by atoms with Gasteiger partial charge in [0.25, 0.3) is 0 Å². The summed E-state index contributed by atoms with van der Waals surface area (Å²) in [6.45, 7) is 3.81. The molecule has 0 N–H and O–H groups in total. The Morgan fingerprint density at radius 2 is 2.06 bits per heavy atom. The molecule has 0 saturated carbocycles. The van der Waals surface area contributed by atoms with Crippen LogP contribution >= 0.6 is 11.6 Å². The summed E-state index contributed by atoms with van der Waals surface area (Å²) < 4.78 is 28.8. The lowest BCUT2D eigenvalue weighted by molar-refractivity contribution is 0.504. The lowest BCUT2D eigenvalue weighted by atomic mass is 10.2. The van der Waals surface area contributed by atoms with Gasteiger partial charge in [-0.3, -0.25) is 0 Å². The van der Waals surface area contributed by atoms with Crippen molar-refractivity contribution in [3.05, 3.63) is 29.6 Å². The van der Waals surface area contributed by atoms with E-state index in [0.717, 1.165) is 6.07 Å². The molecule has 0 atom stereocenters. The molecule has 1 aromatic carbocycles. The Morgan fingerprint density at radius 1 is 1.35 bits per heavy atom. The van der Waals surface area contributed by atoms with Gasteiger partial charge in [0, 0.05) is 18.3 Å². The van der Waals surface area contributed by atoms with Gasteiger partial charge in [-0.1, -0.05) is 0 Å². The summed E-state index contributed by atoms with van der Waals surface area (Å²) in [7, 11) is 0. The van der Waals surface area contributed by atoms with E-state index in [2.05, 4.69) is 4.98 Å². The maximum atomic E-state index is 13.8. The van der Waals surface area contributed by atoms with Crippen LogP contribution in [0.2, 0.25) is 0 Å². The molecule has 0 aliphatic carbocycles. The minimum absolute atomic E-state index is 0.00881. The smallest absolute Gasteiger partial charge is 0.184 e. The van der Waals surface area contributed by atoms with Crippen molar-refractivity contribution in [3.8, 4) is 0 Å². The van der Waals surface area contributed by atoms with Crippen LogP contribution in [0, 0.1) is 11.6 Å². The van der Waals surface area contributed by atoms with Crippen molar-refractivity contribution in [3.63, 3.8) is 0 Å². The Balaban J connectivity index is 2.77. The number of rotatable bonds is 3. The number of alkyl halides is 1. The molecule has 1 aromatic heterocycles. The highest BCUT2D eigenvalue weighted by molar-refractivity contribution is 6.17. The third kappa shape index (κ3) is 2.02. The minimum atomic E-state index is -0.850. The molecular formula is C12H13ClF2N2. The van der Waals surface area contributed by atoms with Gasteiger partial charge >= 0.3 is 0 Å². The van der Waals surface area contributed by atoms with Crippen molar-refractivity contribution in [2.24, 2.45) is 0 Å². The zero-order valence-electron chi connectivity index (χ0n) is 9.67. The third-order valence-corrected chi connectivity index (χ3v) is 2.84. The molecule has 2 aromatic rings. The normalized spacial score (nSPS) is 11.6. The molecule has 0 radical (unpaired) electrons. The van der Waals surface area contributed by atoms with Gasteiger partial charge in [0.1, 0.15) is 11.3 Å². The second kappa shape index (κ2) is 4.61. The maximum absolute atomic E-state index is 13.8. The number of halogens is 3. The summed E-state index contributed by atoms with van der Waals surface area (Å²) in [4.78, 5) is 4.30. The standard InChI is InChI=1S/C12H13ClF2N2/c1-7(2)17-10(5-6-13)16-9-4-3-8(14)11(15)12(9)17/h3-4,7H,5-6H2,1-2H3. The Kier molecular flexibility index (Phi) is 3.33. The molecule has 0 bridgehead atoms. The van der Waals surface area contributed by atoms with Crippen LogP contribution in [0.4, 0.5) is 8.78 Å². The molecule has 0 amide bonds. The van der Waals surface area contributed by atoms with Gasteiger partial charge in [-0.05, 0) is 26.0 Å². The van der Waals surface area contributed by atoms with Crippen LogP contribution in [0.5, 0.6) is 0 Å². The van der Waals surface area contributed by atoms with E-state index in [4.69, 9.17) is 11.6 Å². The summed E-state index contributed by atoms with van der Waals surface area (Å²) in [5, 5.41) is 0. The van der Waals surface area contributed by atoms with Gasteiger partial charge in [0.05, 0.1) is 5.52 Å². The number of fused-ring (bicyclic) bond motifs is 1. The molecule has 0 spiro atoms. The molecule has 5 heteroatoms. The molecule has 0 unspecified atom stereocenters. The van der Waals surface area contributed by atoms with Gasteiger partial charge in [0.2, 0.25) is 0 Å². The first-order valence-corrected chi connectivity index (χ1v) is 6.00. The third-order valence-electron chi connectivity index (χ3n) is 2.65. The zero-order valence-corrected chi connectivity index (χ0v) is 10.4. The first kappa shape index (κ1) is 12.3. The summed E-state index contributed by atoms with van der Waals surface area (Å²) in [5.41, 5.74) is 0.692. The molecule has 17 heavy (non-hydrogen) atoms. The highest BCUT2D eigenvalue weighted by atomic mass is 35.5. The van der Waals surface area contributed by atoms with E-state index in [1.165, 1.54) is 6.07 Å². The van der Waals surface area contributed by atoms with Crippen molar-refractivity contribution in [2.75, 3.05) is 5.88 Å². The van der Waals surface area contributed by atoms with E-state index in [1.807, 2.05) is 13.8 Å². The van der Waals surface area contributed by atoms with Crippen molar-refractivity contribution in [1.82, 2.24) is 9.55 Å². The highest BCUT2D eigenvalue weighted by Gasteiger charge is 2.18. The molecular weight excluding hydrogens is 246 g/mol. The van der Waals surface area contributed by atoms with Crippen LogP contribution in [-0.2, 0) is 6.42 Å². The molecule has 92 valence electrons. The maximum Gasteiger partial charge on any atom is 0.184 e. The summed E-state index contributed by atoms with van der Waals surface area (Å²) in [6, 6.07) is 2.60. The molecule has 2 nitrogen and oxygen atoms in total. The van der Waals surface area contributed by atoms with E-state index in [1.54, 1.807) is 4.57 Å². The zero-order chi connectivity index (χ0) is 12.6. The average molecular weight is 259 g/mol. The van der Waals surface area contributed by atoms with E-state index >= 15 is 0 Å². The SMILES string of the molecule is CC(C)n1c(CCCl)nc2ccc(F)c(F)c21. The first-order chi connectivity index (χ1) is 8.06. The monoisotopic (exact) mass is 258 g/mol.